The second-order valence-corrected chi connectivity index (χ2v) is 7.77. The first kappa shape index (κ1) is 17.4. The Hall–Kier alpha value is -1.40. The molecular formula is C18H23BrN2O3. The van der Waals surface area contributed by atoms with Crippen molar-refractivity contribution in [2.24, 2.45) is 5.92 Å². The molecule has 3 rings (SSSR count). The maximum Gasteiger partial charge on any atom is 0.329 e. The fraction of sp³-hybridized carbons (Fsp3) is 0.556. The molecule has 1 aromatic carbocycles. The van der Waals surface area contributed by atoms with Crippen molar-refractivity contribution in [3.8, 4) is 0 Å². The Morgan fingerprint density at radius 2 is 2.04 bits per heavy atom. The first-order valence-electron chi connectivity index (χ1n) is 8.45. The molecule has 1 aromatic rings. The van der Waals surface area contributed by atoms with Gasteiger partial charge in [-0.05, 0) is 37.8 Å². The van der Waals surface area contributed by atoms with Gasteiger partial charge in [-0.15, -0.1) is 0 Å². The number of carbonyl (C=O) groups excluding carboxylic acids is 1. The minimum Gasteiger partial charge on any atom is -0.480 e. The normalized spacial score (nSPS) is 30.3. The molecule has 0 saturated carbocycles. The van der Waals surface area contributed by atoms with E-state index in [9.17, 15) is 14.7 Å². The number of hydrogen-bond donors (Lipinski definition) is 2. The molecule has 24 heavy (non-hydrogen) atoms. The van der Waals surface area contributed by atoms with Crippen LogP contribution in [-0.2, 0) is 9.59 Å². The van der Waals surface area contributed by atoms with Gasteiger partial charge in [-0.1, -0.05) is 34.1 Å². The van der Waals surface area contributed by atoms with Gasteiger partial charge in [0.05, 0.1) is 5.92 Å². The Kier molecular flexibility index (Phi) is 4.97. The van der Waals surface area contributed by atoms with Crippen LogP contribution in [0, 0.1) is 5.92 Å². The Labute approximate surface area is 150 Å². The predicted octanol–water partition coefficient (Wildman–Crippen LogP) is 2.61. The molecule has 1 amide bonds. The van der Waals surface area contributed by atoms with Crippen LogP contribution in [0.5, 0.6) is 0 Å². The van der Waals surface area contributed by atoms with Crippen LogP contribution in [0.25, 0.3) is 0 Å². The second-order valence-electron chi connectivity index (χ2n) is 6.92. The number of nitrogens with zero attached hydrogens (tertiary/aromatic N) is 1. The van der Waals surface area contributed by atoms with Crippen molar-refractivity contribution in [2.75, 3.05) is 19.6 Å². The molecule has 0 unspecified atom stereocenters. The number of benzene rings is 1. The summed E-state index contributed by atoms with van der Waals surface area (Å²) in [4.78, 5) is 26.6. The van der Waals surface area contributed by atoms with Crippen LogP contribution >= 0.6 is 15.9 Å². The number of hydrogen-bond acceptors (Lipinski definition) is 3. The number of carboxylic acid groups (broad SMARTS) is 1. The molecule has 3 atom stereocenters. The monoisotopic (exact) mass is 394 g/mol. The van der Waals surface area contributed by atoms with Gasteiger partial charge in [-0.25, -0.2) is 4.79 Å². The van der Waals surface area contributed by atoms with E-state index in [0.29, 0.717) is 19.5 Å². The standard InChI is InChI=1S/C18H23BrN2O3/c1-18(17(23)24)8-4-5-9-21(18)16(22)14-11-20-10-13(14)12-6-2-3-7-15(12)19/h2-3,6-7,13-14,20H,4-5,8-11H2,1H3,(H,23,24)/t13-,14+,18-/m0/s1. The van der Waals surface area contributed by atoms with Crippen LogP contribution in [0.1, 0.15) is 37.7 Å². The van der Waals surface area contributed by atoms with Crippen LogP contribution in [0.2, 0.25) is 0 Å². The summed E-state index contributed by atoms with van der Waals surface area (Å²) in [6, 6.07) is 7.95. The molecule has 0 aliphatic carbocycles. The van der Waals surface area contributed by atoms with Gasteiger partial charge in [-0.3, -0.25) is 4.79 Å². The third-order valence-corrected chi connectivity index (χ3v) is 6.18. The summed E-state index contributed by atoms with van der Waals surface area (Å²) in [5, 5.41) is 13.0. The second kappa shape index (κ2) is 6.84. The minimum atomic E-state index is -1.09. The molecule has 2 saturated heterocycles. The zero-order valence-corrected chi connectivity index (χ0v) is 15.4. The molecule has 5 nitrogen and oxygen atoms in total. The van der Waals surface area contributed by atoms with E-state index in [0.717, 1.165) is 29.4 Å². The summed E-state index contributed by atoms with van der Waals surface area (Å²) in [5.74, 6) is -1.10. The number of nitrogens with one attached hydrogen (secondary N) is 1. The highest BCUT2D eigenvalue weighted by Crippen LogP contribution is 2.37. The molecule has 2 heterocycles. The zero-order valence-electron chi connectivity index (χ0n) is 13.8. The number of aliphatic carboxylic acids is 1. The molecule has 6 heteroatoms. The van der Waals surface area contributed by atoms with Crippen molar-refractivity contribution < 1.29 is 14.7 Å². The van der Waals surface area contributed by atoms with E-state index in [1.807, 2.05) is 24.3 Å². The third-order valence-electron chi connectivity index (χ3n) is 5.45. The fourth-order valence-electron chi connectivity index (χ4n) is 3.94. The number of rotatable bonds is 3. The van der Waals surface area contributed by atoms with E-state index in [-0.39, 0.29) is 17.7 Å². The van der Waals surface area contributed by atoms with E-state index in [1.54, 1.807) is 11.8 Å². The zero-order chi connectivity index (χ0) is 17.3. The molecule has 2 aliphatic heterocycles. The number of likely N-dealkylation sites (tertiary alicyclic amines) is 1. The van der Waals surface area contributed by atoms with Crippen molar-refractivity contribution in [3.63, 3.8) is 0 Å². The van der Waals surface area contributed by atoms with E-state index >= 15 is 0 Å². The number of halogens is 1. The molecule has 0 bridgehead atoms. The Bertz CT molecular complexity index is 651. The van der Waals surface area contributed by atoms with Crippen molar-refractivity contribution in [3.05, 3.63) is 34.3 Å². The third kappa shape index (κ3) is 2.97. The Morgan fingerprint density at radius 1 is 1.29 bits per heavy atom. The first-order valence-corrected chi connectivity index (χ1v) is 9.24. The topological polar surface area (TPSA) is 69.6 Å². The van der Waals surface area contributed by atoms with Crippen LogP contribution in [-0.4, -0.2) is 47.1 Å². The summed E-state index contributed by atoms with van der Waals surface area (Å²) < 4.78 is 0.996. The highest BCUT2D eigenvalue weighted by Gasteiger charge is 2.47. The molecule has 0 aromatic heterocycles. The summed E-state index contributed by atoms with van der Waals surface area (Å²) in [7, 11) is 0. The lowest BCUT2D eigenvalue weighted by Crippen LogP contribution is -2.59. The number of carboxylic acids is 1. The van der Waals surface area contributed by atoms with Crippen molar-refractivity contribution in [1.29, 1.82) is 0 Å². The molecule has 130 valence electrons. The van der Waals surface area contributed by atoms with Crippen LogP contribution in [0.3, 0.4) is 0 Å². The van der Waals surface area contributed by atoms with Crippen molar-refractivity contribution in [2.45, 2.75) is 37.6 Å². The summed E-state index contributed by atoms with van der Waals surface area (Å²) in [5.41, 5.74) is 0.0195. The number of amides is 1. The van der Waals surface area contributed by atoms with Crippen LogP contribution in [0.4, 0.5) is 0 Å². The van der Waals surface area contributed by atoms with Gasteiger partial charge < -0.3 is 15.3 Å². The highest BCUT2D eigenvalue weighted by molar-refractivity contribution is 9.10. The Morgan fingerprint density at radius 3 is 2.75 bits per heavy atom. The molecule has 2 fully saturated rings. The van der Waals surface area contributed by atoms with Gasteiger partial charge in [0.1, 0.15) is 5.54 Å². The van der Waals surface area contributed by atoms with Crippen molar-refractivity contribution in [1.82, 2.24) is 10.2 Å². The number of carbonyl (C=O) groups is 2. The van der Waals surface area contributed by atoms with E-state index < -0.39 is 11.5 Å². The van der Waals surface area contributed by atoms with Gasteiger partial charge in [0.2, 0.25) is 5.91 Å². The summed E-state index contributed by atoms with van der Waals surface area (Å²) >= 11 is 3.58. The van der Waals surface area contributed by atoms with Crippen LogP contribution < -0.4 is 5.32 Å². The average molecular weight is 395 g/mol. The molecule has 0 radical (unpaired) electrons. The molecular weight excluding hydrogens is 372 g/mol. The lowest BCUT2D eigenvalue weighted by atomic mass is 9.83. The number of piperidine rings is 1. The van der Waals surface area contributed by atoms with Gasteiger partial charge in [-0.2, -0.15) is 0 Å². The predicted molar refractivity (Wildman–Crippen MR) is 94.8 cm³/mol. The minimum absolute atomic E-state index is 0.0367. The van der Waals surface area contributed by atoms with Gasteiger partial charge in [0.15, 0.2) is 0 Å². The van der Waals surface area contributed by atoms with Crippen LogP contribution in [0.15, 0.2) is 28.7 Å². The molecule has 2 aliphatic rings. The fourth-order valence-corrected chi connectivity index (χ4v) is 4.52. The first-order chi connectivity index (χ1) is 11.4. The smallest absolute Gasteiger partial charge is 0.329 e. The van der Waals surface area contributed by atoms with E-state index in [2.05, 4.69) is 21.2 Å². The maximum absolute atomic E-state index is 13.2. The van der Waals surface area contributed by atoms with E-state index in [1.165, 1.54) is 0 Å². The largest absolute Gasteiger partial charge is 0.480 e. The Balaban J connectivity index is 1.88. The lowest BCUT2D eigenvalue weighted by molar-refractivity contribution is -0.162. The average Bonchev–Trinajstić information content (AvgIpc) is 3.04. The SMILES string of the molecule is C[C@@]1(C(=O)O)CCCCN1C(=O)[C@@H]1CNC[C@H]1c1ccccc1Br. The quantitative estimate of drug-likeness (QED) is 0.826. The van der Waals surface area contributed by atoms with E-state index in [4.69, 9.17) is 0 Å². The van der Waals surface area contributed by atoms with Gasteiger partial charge >= 0.3 is 5.97 Å². The summed E-state index contributed by atoms with van der Waals surface area (Å²) in [6.45, 7) is 3.54. The molecule has 0 spiro atoms. The highest BCUT2D eigenvalue weighted by atomic mass is 79.9. The van der Waals surface area contributed by atoms with Gasteiger partial charge in [0.25, 0.3) is 0 Å². The van der Waals surface area contributed by atoms with Crippen molar-refractivity contribution >= 4 is 27.8 Å². The van der Waals surface area contributed by atoms with Gasteiger partial charge in [0, 0.05) is 30.0 Å². The summed E-state index contributed by atoms with van der Waals surface area (Å²) in [6.07, 6.45) is 2.24. The molecule has 2 N–H and O–H groups in total. The maximum atomic E-state index is 13.2. The lowest BCUT2D eigenvalue weighted by Gasteiger charge is -2.43.